The molecule has 1 aliphatic rings. The Balaban J connectivity index is 1.22. The summed E-state index contributed by atoms with van der Waals surface area (Å²) >= 11 is 0. The highest BCUT2D eigenvalue weighted by molar-refractivity contribution is 5.84. The van der Waals surface area contributed by atoms with Crippen molar-refractivity contribution in [2.24, 2.45) is 0 Å². The molecule has 0 aliphatic carbocycles. The van der Waals surface area contributed by atoms with Gasteiger partial charge in [-0.25, -0.2) is 0 Å². The van der Waals surface area contributed by atoms with Gasteiger partial charge in [0.2, 0.25) is 0 Å². The van der Waals surface area contributed by atoms with Crippen molar-refractivity contribution in [2.75, 3.05) is 19.7 Å². The molecule has 0 spiro atoms. The van der Waals surface area contributed by atoms with Gasteiger partial charge in [0.1, 0.15) is 5.75 Å². The van der Waals surface area contributed by atoms with Crippen molar-refractivity contribution in [2.45, 2.75) is 38.6 Å². The van der Waals surface area contributed by atoms with Crippen molar-refractivity contribution in [1.29, 1.82) is 0 Å². The molecular formula is C25H29NO. The first-order chi connectivity index (χ1) is 13.4. The Morgan fingerprint density at radius 1 is 0.741 bits per heavy atom. The Kier molecular flexibility index (Phi) is 6.06. The molecule has 140 valence electrons. The third-order valence-electron chi connectivity index (χ3n) is 5.45. The Labute approximate surface area is 162 Å². The maximum absolute atomic E-state index is 5.98. The van der Waals surface area contributed by atoms with E-state index in [9.17, 15) is 0 Å². The molecule has 2 heteroatoms. The van der Waals surface area contributed by atoms with Crippen LogP contribution in [-0.4, -0.2) is 24.6 Å². The first-order valence-electron chi connectivity index (χ1n) is 10.3. The monoisotopic (exact) mass is 359 g/mol. The average molecular weight is 360 g/mol. The number of hydrogen-bond acceptors (Lipinski definition) is 2. The third kappa shape index (κ3) is 5.11. The van der Waals surface area contributed by atoms with Crippen LogP contribution in [0.25, 0.3) is 10.8 Å². The maximum atomic E-state index is 5.98. The number of hydrogen-bond donors (Lipinski definition) is 0. The largest absolute Gasteiger partial charge is 0.494 e. The Bertz CT molecular complexity index is 855. The summed E-state index contributed by atoms with van der Waals surface area (Å²) in [6, 6.07) is 24.0. The molecule has 1 saturated heterocycles. The smallest absolute Gasteiger partial charge is 0.119 e. The van der Waals surface area contributed by atoms with Gasteiger partial charge in [-0.15, -0.1) is 0 Å². The standard InChI is InChI=1S/C25H29NO/c1-3-8-21(9-4-1)10-5-2-6-17-27-25-14-13-23-18-22(11-12-24(23)19-25)20-26-15-7-16-26/h1,3-4,8-9,11-14,18-19H,2,5-7,10,15-17,20H2. The van der Waals surface area contributed by atoms with Crippen LogP contribution in [0.2, 0.25) is 0 Å². The van der Waals surface area contributed by atoms with Crippen LogP contribution in [0.1, 0.15) is 36.8 Å². The van der Waals surface area contributed by atoms with Gasteiger partial charge in [0, 0.05) is 6.54 Å². The van der Waals surface area contributed by atoms with Crippen LogP contribution in [0.4, 0.5) is 0 Å². The van der Waals surface area contributed by atoms with Crippen molar-refractivity contribution < 1.29 is 4.74 Å². The van der Waals surface area contributed by atoms with Gasteiger partial charge in [-0.1, -0.05) is 48.5 Å². The molecule has 3 aromatic carbocycles. The molecule has 0 atom stereocenters. The molecule has 0 N–H and O–H groups in total. The number of rotatable bonds is 9. The zero-order chi connectivity index (χ0) is 18.3. The minimum atomic E-state index is 0.799. The summed E-state index contributed by atoms with van der Waals surface area (Å²) in [4.78, 5) is 2.50. The fourth-order valence-corrected chi connectivity index (χ4v) is 3.70. The van der Waals surface area contributed by atoms with E-state index < -0.39 is 0 Å². The Morgan fingerprint density at radius 3 is 2.37 bits per heavy atom. The normalized spacial score (nSPS) is 14.2. The summed E-state index contributed by atoms with van der Waals surface area (Å²) in [5, 5.41) is 2.58. The minimum absolute atomic E-state index is 0.799. The summed E-state index contributed by atoms with van der Waals surface area (Å²) in [5.74, 6) is 0.987. The summed E-state index contributed by atoms with van der Waals surface area (Å²) in [5.41, 5.74) is 2.84. The second-order valence-electron chi connectivity index (χ2n) is 7.62. The van der Waals surface area contributed by atoms with E-state index in [1.807, 2.05) is 0 Å². The summed E-state index contributed by atoms with van der Waals surface area (Å²) in [7, 11) is 0. The van der Waals surface area contributed by atoms with Gasteiger partial charge in [0.15, 0.2) is 0 Å². The van der Waals surface area contributed by atoms with Crippen LogP contribution in [0, 0.1) is 0 Å². The van der Waals surface area contributed by atoms with E-state index in [0.29, 0.717) is 0 Å². The van der Waals surface area contributed by atoms with E-state index in [1.54, 1.807) is 0 Å². The molecule has 0 radical (unpaired) electrons. The lowest BCUT2D eigenvalue weighted by Crippen LogP contribution is -2.36. The average Bonchev–Trinajstić information content (AvgIpc) is 2.68. The van der Waals surface area contributed by atoms with Crippen LogP contribution >= 0.6 is 0 Å². The van der Waals surface area contributed by atoms with Gasteiger partial charge in [0.25, 0.3) is 0 Å². The number of likely N-dealkylation sites (tertiary alicyclic amines) is 1. The van der Waals surface area contributed by atoms with E-state index in [2.05, 4.69) is 71.6 Å². The lowest BCUT2D eigenvalue weighted by Gasteiger charge is -2.30. The molecule has 3 aromatic rings. The van der Waals surface area contributed by atoms with E-state index in [-0.39, 0.29) is 0 Å². The first-order valence-corrected chi connectivity index (χ1v) is 10.3. The van der Waals surface area contributed by atoms with Crippen LogP contribution < -0.4 is 4.74 Å². The molecular weight excluding hydrogens is 330 g/mol. The highest BCUT2D eigenvalue weighted by atomic mass is 16.5. The van der Waals surface area contributed by atoms with Crippen LogP contribution in [0.15, 0.2) is 66.7 Å². The van der Waals surface area contributed by atoms with E-state index >= 15 is 0 Å². The van der Waals surface area contributed by atoms with Gasteiger partial charge in [-0.3, -0.25) is 4.90 Å². The molecule has 2 nitrogen and oxygen atoms in total. The summed E-state index contributed by atoms with van der Waals surface area (Å²) in [6.45, 7) is 4.37. The van der Waals surface area contributed by atoms with Crippen LogP contribution in [0.5, 0.6) is 5.75 Å². The fourth-order valence-electron chi connectivity index (χ4n) is 3.70. The van der Waals surface area contributed by atoms with E-state index in [0.717, 1.165) is 31.7 Å². The van der Waals surface area contributed by atoms with E-state index in [4.69, 9.17) is 4.74 Å². The molecule has 0 bridgehead atoms. The van der Waals surface area contributed by atoms with Crippen LogP contribution in [-0.2, 0) is 13.0 Å². The van der Waals surface area contributed by atoms with Gasteiger partial charge >= 0.3 is 0 Å². The van der Waals surface area contributed by atoms with Crippen molar-refractivity contribution in [3.8, 4) is 5.75 Å². The van der Waals surface area contributed by atoms with Gasteiger partial charge in [-0.05, 0) is 85.3 Å². The molecule has 27 heavy (non-hydrogen) atoms. The van der Waals surface area contributed by atoms with Crippen molar-refractivity contribution in [3.63, 3.8) is 0 Å². The summed E-state index contributed by atoms with van der Waals surface area (Å²) < 4.78 is 5.98. The van der Waals surface area contributed by atoms with Gasteiger partial charge in [0.05, 0.1) is 6.61 Å². The molecule has 0 amide bonds. The predicted molar refractivity (Wildman–Crippen MR) is 113 cm³/mol. The highest BCUT2D eigenvalue weighted by Crippen LogP contribution is 2.23. The number of ether oxygens (including phenoxy) is 1. The SMILES string of the molecule is c1ccc(CCCCCOc2ccc3cc(CN4CCC4)ccc3c2)cc1. The van der Waals surface area contributed by atoms with Crippen molar-refractivity contribution in [3.05, 3.63) is 77.9 Å². The second kappa shape index (κ2) is 9.05. The number of nitrogens with zero attached hydrogens (tertiary/aromatic N) is 1. The topological polar surface area (TPSA) is 12.5 Å². The van der Waals surface area contributed by atoms with E-state index in [1.165, 1.54) is 54.3 Å². The number of fused-ring (bicyclic) bond motifs is 1. The zero-order valence-electron chi connectivity index (χ0n) is 16.1. The molecule has 0 saturated carbocycles. The summed E-state index contributed by atoms with van der Waals surface area (Å²) in [6.07, 6.45) is 6.06. The Hall–Kier alpha value is -2.32. The minimum Gasteiger partial charge on any atom is -0.494 e. The number of unbranched alkanes of at least 4 members (excludes halogenated alkanes) is 2. The molecule has 1 aliphatic heterocycles. The third-order valence-corrected chi connectivity index (χ3v) is 5.45. The number of benzene rings is 3. The molecule has 1 fully saturated rings. The van der Waals surface area contributed by atoms with Crippen LogP contribution in [0.3, 0.4) is 0 Å². The van der Waals surface area contributed by atoms with Gasteiger partial charge in [-0.2, -0.15) is 0 Å². The molecule has 0 unspecified atom stereocenters. The second-order valence-corrected chi connectivity index (χ2v) is 7.62. The first kappa shape index (κ1) is 18.1. The number of aryl methyl sites for hydroxylation is 1. The maximum Gasteiger partial charge on any atom is 0.119 e. The highest BCUT2D eigenvalue weighted by Gasteiger charge is 2.13. The fraction of sp³-hybridized carbons (Fsp3) is 0.360. The van der Waals surface area contributed by atoms with Crippen molar-refractivity contribution in [1.82, 2.24) is 4.90 Å². The molecule has 0 aromatic heterocycles. The Morgan fingerprint density at radius 2 is 1.56 bits per heavy atom. The molecule has 4 rings (SSSR count). The van der Waals surface area contributed by atoms with Gasteiger partial charge < -0.3 is 4.74 Å². The zero-order valence-corrected chi connectivity index (χ0v) is 16.1. The van der Waals surface area contributed by atoms with Crippen molar-refractivity contribution >= 4 is 10.8 Å². The lowest BCUT2D eigenvalue weighted by atomic mass is 10.1. The lowest BCUT2D eigenvalue weighted by molar-refractivity contribution is 0.172. The molecule has 1 heterocycles. The predicted octanol–water partition coefficient (Wildman–Crippen LogP) is 5.84. The quantitative estimate of drug-likeness (QED) is 0.445.